The van der Waals surface area contributed by atoms with E-state index in [1.165, 1.54) is 11.3 Å². The Balaban J connectivity index is 0.00000289. The Hall–Kier alpha value is -2.06. The van der Waals surface area contributed by atoms with Crippen molar-refractivity contribution >= 4 is 56.6 Å². The van der Waals surface area contributed by atoms with E-state index in [1.807, 2.05) is 64.3 Å². The number of halogens is 2. The zero-order chi connectivity index (χ0) is 22.1. The average Bonchev–Trinajstić information content (AvgIpc) is 3.17. The second kappa shape index (κ2) is 10.3. The molecule has 6 nitrogen and oxygen atoms in total. The van der Waals surface area contributed by atoms with Crippen molar-refractivity contribution in [1.29, 1.82) is 0 Å². The molecule has 0 N–H and O–H groups in total. The number of ether oxygens (including phenoxy) is 2. The van der Waals surface area contributed by atoms with E-state index in [2.05, 4.69) is 4.90 Å². The molecule has 0 spiro atoms. The maximum atomic E-state index is 13.7. The van der Waals surface area contributed by atoms with Crippen LogP contribution in [0.25, 0.3) is 10.2 Å². The molecule has 0 radical (unpaired) electrons. The highest BCUT2D eigenvalue weighted by Crippen LogP contribution is 2.37. The summed E-state index contributed by atoms with van der Waals surface area (Å²) in [5.41, 5.74) is 1.75. The number of hydrogen-bond donors (Lipinski definition) is 0. The monoisotopic (exact) mass is 495 g/mol. The van der Waals surface area contributed by atoms with Crippen molar-refractivity contribution in [1.82, 2.24) is 9.88 Å². The van der Waals surface area contributed by atoms with Gasteiger partial charge in [-0.3, -0.25) is 9.69 Å². The number of anilines is 1. The Bertz CT molecular complexity index is 1110. The van der Waals surface area contributed by atoms with Crippen LogP contribution in [0.5, 0.6) is 11.5 Å². The first-order valence-corrected chi connectivity index (χ1v) is 11.5. The number of aromatic nitrogens is 1. The summed E-state index contributed by atoms with van der Waals surface area (Å²) in [7, 11) is 4.04. The first kappa shape index (κ1) is 24.6. The van der Waals surface area contributed by atoms with Gasteiger partial charge < -0.3 is 14.4 Å². The van der Waals surface area contributed by atoms with Crippen molar-refractivity contribution in [2.45, 2.75) is 32.5 Å². The third-order valence-corrected chi connectivity index (χ3v) is 6.76. The highest BCUT2D eigenvalue weighted by atomic mass is 35.5. The third kappa shape index (κ3) is 4.96. The molecule has 0 fully saturated rings. The fourth-order valence-corrected chi connectivity index (χ4v) is 4.80. The number of benzene rings is 2. The number of rotatable bonds is 6. The lowest BCUT2D eigenvalue weighted by molar-refractivity contribution is -0.130. The molecule has 172 valence electrons. The standard InChI is InChI=1S/C23H26ClN3O3S.ClH/c1-14-16(24)10-11-19-20(14)25-23(31-19)27(13-7-12-26(3)4)22(28)21-15(2)29-17-8-5-6-9-18(17)30-21;/h5-6,8-11,15,21H,7,12-13H2,1-4H3;1H. The van der Waals surface area contributed by atoms with Crippen molar-refractivity contribution in [2.24, 2.45) is 0 Å². The van der Waals surface area contributed by atoms with Crippen LogP contribution in [0.1, 0.15) is 18.9 Å². The summed E-state index contributed by atoms with van der Waals surface area (Å²) >= 11 is 7.78. The molecule has 3 aromatic rings. The summed E-state index contributed by atoms with van der Waals surface area (Å²) in [6.07, 6.45) is -0.345. The highest BCUT2D eigenvalue weighted by Gasteiger charge is 2.38. The van der Waals surface area contributed by atoms with Crippen LogP contribution in [0.4, 0.5) is 5.13 Å². The van der Waals surface area contributed by atoms with Crippen LogP contribution in [0.15, 0.2) is 36.4 Å². The van der Waals surface area contributed by atoms with Gasteiger partial charge in [0, 0.05) is 11.6 Å². The Labute approximate surface area is 203 Å². The quantitative estimate of drug-likeness (QED) is 0.470. The van der Waals surface area contributed by atoms with Gasteiger partial charge in [-0.2, -0.15) is 0 Å². The Morgan fingerprint density at radius 1 is 1.12 bits per heavy atom. The van der Waals surface area contributed by atoms with Crippen molar-refractivity contribution < 1.29 is 14.3 Å². The van der Waals surface area contributed by atoms with E-state index in [-0.39, 0.29) is 18.3 Å². The molecule has 2 unspecified atom stereocenters. The number of nitrogens with zero attached hydrogens (tertiary/aromatic N) is 3. The van der Waals surface area contributed by atoms with Crippen molar-refractivity contribution in [3.8, 4) is 11.5 Å². The minimum atomic E-state index is -0.744. The number of aryl methyl sites for hydroxylation is 1. The molecule has 0 bridgehead atoms. The summed E-state index contributed by atoms with van der Waals surface area (Å²) < 4.78 is 13.1. The highest BCUT2D eigenvalue weighted by molar-refractivity contribution is 7.22. The molecule has 2 atom stereocenters. The summed E-state index contributed by atoms with van der Waals surface area (Å²) in [6, 6.07) is 11.3. The number of carbonyl (C=O) groups is 1. The van der Waals surface area contributed by atoms with Gasteiger partial charge in [0.1, 0.15) is 6.10 Å². The van der Waals surface area contributed by atoms with E-state index < -0.39 is 12.2 Å². The van der Waals surface area contributed by atoms with Gasteiger partial charge in [0.15, 0.2) is 16.6 Å². The minimum absolute atomic E-state index is 0. The number of hydrogen-bond acceptors (Lipinski definition) is 6. The minimum Gasteiger partial charge on any atom is -0.482 e. The van der Waals surface area contributed by atoms with Gasteiger partial charge in [-0.25, -0.2) is 4.98 Å². The van der Waals surface area contributed by atoms with Gasteiger partial charge in [0.2, 0.25) is 6.10 Å². The van der Waals surface area contributed by atoms with Crippen molar-refractivity contribution in [3.63, 3.8) is 0 Å². The van der Waals surface area contributed by atoms with E-state index >= 15 is 0 Å². The fourth-order valence-electron chi connectivity index (χ4n) is 3.59. The first-order chi connectivity index (χ1) is 14.8. The summed E-state index contributed by atoms with van der Waals surface area (Å²) in [5.74, 6) is 1.09. The number of thiazole rings is 1. The Morgan fingerprint density at radius 2 is 1.81 bits per heavy atom. The van der Waals surface area contributed by atoms with Crippen LogP contribution in [-0.4, -0.2) is 55.2 Å². The molecule has 1 amide bonds. The number of carbonyl (C=O) groups excluding carboxylic acids is 1. The molecule has 2 heterocycles. The third-order valence-electron chi connectivity index (χ3n) is 5.31. The SMILES string of the molecule is Cc1c(Cl)ccc2sc(N(CCCN(C)C)C(=O)C3Oc4ccccc4OC3C)nc12.Cl. The van der Waals surface area contributed by atoms with Crippen LogP contribution in [0, 0.1) is 6.92 Å². The molecule has 32 heavy (non-hydrogen) atoms. The van der Waals surface area contributed by atoms with Crippen LogP contribution in [0.3, 0.4) is 0 Å². The van der Waals surface area contributed by atoms with Gasteiger partial charge in [0.25, 0.3) is 5.91 Å². The van der Waals surface area contributed by atoms with E-state index in [1.54, 1.807) is 4.90 Å². The molecule has 0 aliphatic carbocycles. The van der Waals surface area contributed by atoms with Gasteiger partial charge >= 0.3 is 0 Å². The largest absolute Gasteiger partial charge is 0.482 e. The normalized spacial score (nSPS) is 17.3. The zero-order valence-corrected chi connectivity index (χ0v) is 20.9. The predicted molar refractivity (Wildman–Crippen MR) is 133 cm³/mol. The van der Waals surface area contributed by atoms with E-state index in [4.69, 9.17) is 26.1 Å². The van der Waals surface area contributed by atoms with Crippen molar-refractivity contribution in [2.75, 3.05) is 32.1 Å². The van der Waals surface area contributed by atoms with Gasteiger partial charge in [-0.15, -0.1) is 12.4 Å². The van der Waals surface area contributed by atoms with Crippen molar-refractivity contribution in [3.05, 3.63) is 47.0 Å². The van der Waals surface area contributed by atoms with Crippen LogP contribution in [-0.2, 0) is 4.79 Å². The summed E-state index contributed by atoms with van der Waals surface area (Å²) in [5, 5.41) is 1.32. The maximum absolute atomic E-state index is 13.7. The number of para-hydroxylation sites is 2. The molecule has 1 aliphatic heterocycles. The van der Waals surface area contributed by atoms with Crippen LogP contribution >= 0.6 is 35.3 Å². The molecular formula is C23H27Cl2N3O3S. The lowest BCUT2D eigenvalue weighted by atomic mass is 10.1. The number of fused-ring (bicyclic) bond motifs is 2. The maximum Gasteiger partial charge on any atom is 0.273 e. The predicted octanol–water partition coefficient (Wildman–Crippen LogP) is 5.19. The Morgan fingerprint density at radius 3 is 2.50 bits per heavy atom. The number of amides is 1. The van der Waals surface area contributed by atoms with E-state index in [0.29, 0.717) is 28.2 Å². The van der Waals surface area contributed by atoms with Crippen LogP contribution < -0.4 is 14.4 Å². The molecular weight excluding hydrogens is 469 g/mol. The second-order valence-electron chi connectivity index (χ2n) is 7.97. The second-order valence-corrected chi connectivity index (χ2v) is 9.39. The lowest BCUT2D eigenvalue weighted by Gasteiger charge is -2.33. The average molecular weight is 496 g/mol. The zero-order valence-electron chi connectivity index (χ0n) is 18.5. The van der Waals surface area contributed by atoms with Gasteiger partial charge in [-0.1, -0.05) is 35.1 Å². The Kier molecular flexibility index (Phi) is 7.88. The first-order valence-electron chi connectivity index (χ1n) is 10.3. The van der Waals surface area contributed by atoms with Gasteiger partial charge in [0.05, 0.1) is 10.2 Å². The lowest BCUT2D eigenvalue weighted by Crippen LogP contribution is -2.51. The van der Waals surface area contributed by atoms with E-state index in [9.17, 15) is 4.79 Å². The molecule has 0 saturated carbocycles. The molecule has 1 aliphatic rings. The molecule has 1 aromatic heterocycles. The van der Waals surface area contributed by atoms with E-state index in [0.717, 1.165) is 28.7 Å². The molecule has 9 heteroatoms. The smallest absolute Gasteiger partial charge is 0.273 e. The molecule has 2 aromatic carbocycles. The molecule has 4 rings (SSSR count). The topological polar surface area (TPSA) is 54.9 Å². The van der Waals surface area contributed by atoms with Crippen LogP contribution in [0.2, 0.25) is 5.02 Å². The summed E-state index contributed by atoms with van der Waals surface area (Å²) in [6.45, 7) is 5.21. The molecule has 0 saturated heterocycles. The summed E-state index contributed by atoms with van der Waals surface area (Å²) in [4.78, 5) is 22.3. The van der Waals surface area contributed by atoms with Gasteiger partial charge in [-0.05, 0) is 70.7 Å². The fraction of sp³-hybridized carbons (Fsp3) is 0.391.